The molecule has 0 unspecified atom stereocenters. The van der Waals surface area contributed by atoms with E-state index in [1.54, 1.807) is 12.1 Å². The fourth-order valence-corrected chi connectivity index (χ4v) is 2.23. The number of hydrogen-bond donors (Lipinski definition) is 4. The average molecular weight is 293 g/mol. The van der Waals surface area contributed by atoms with E-state index in [1.807, 2.05) is 0 Å². The third-order valence-electron chi connectivity index (χ3n) is 3.29. The number of nitrogens with two attached hydrogens (primary N) is 1. The van der Waals surface area contributed by atoms with Crippen LogP contribution >= 0.6 is 0 Å². The fourth-order valence-electron chi connectivity index (χ4n) is 2.23. The second kappa shape index (κ2) is 5.90. The lowest BCUT2D eigenvalue weighted by molar-refractivity contribution is -0.140. The van der Waals surface area contributed by atoms with Gasteiger partial charge in [0.25, 0.3) is 0 Å². The average Bonchev–Trinajstić information content (AvgIpc) is 2.78. The molecule has 0 spiro atoms. The zero-order valence-corrected chi connectivity index (χ0v) is 11.0. The van der Waals surface area contributed by atoms with Gasteiger partial charge >= 0.3 is 11.9 Å². The quantitative estimate of drug-likeness (QED) is 0.569. The molecule has 2 rings (SSSR count). The molecule has 1 fully saturated rings. The van der Waals surface area contributed by atoms with Crippen LogP contribution in [-0.2, 0) is 16.1 Å². The van der Waals surface area contributed by atoms with Gasteiger partial charge in [-0.15, -0.1) is 0 Å². The van der Waals surface area contributed by atoms with E-state index in [1.165, 1.54) is 17.1 Å². The van der Waals surface area contributed by atoms with Crippen LogP contribution < -0.4 is 11.2 Å². The summed E-state index contributed by atoms with van der Waals surface area (Å²) in [5.41, 5.74) is 8.88. The summed E-state index contributed by atoms with van der Waals surface area (Å²) in [5.74, 6) is -2.56. The van der Waals surface area contributed by atoms with Crippen molar-refractivity contribution in [2.45, 2.75) is 25.0 Å². The van der Waals surface area contributed by atoms with Gasteiger partial charge < -0.3 is 15.9 Å². The summed E-state index contributed by atoms with van der Waals surface area (Å²) in [6.07, 6.45) is -0.00785. The smallest absolute Gasteiger partial charge is 0.335 e. The number of carbonyl (C=O) groups excluding carboxylic acids is 1. The molecule has 5 N–H and O–H groups in total. The number of hydrazine groups is 1. The van der Waals surface area contributed by atoms with Gasteiger partial charge in [-0.1, -0.05) is 12.1 Å². The molecule has 0 aliphatic carbocycles. The predicted molar refractivity (Wildman–Crippen MR) is 71.1 cm³/mol. The SMILES string of the molecule is N[C@H](C(=O)O)[C@H]1CC(=O)NN1Cc1cccc(C(=O)O)c1. The fraction of sp³-hybridized carbons (Fsp3) is 0.308. The van der Waals surface area contributed by atoms with Gasteiger partial charge in [0.2, 0.25) is 5.91 Å². The number of amides is 1. The highest BCUT2D eigenvalue weighted by molar-refractivity contribution is 5.87. The summed E-state index contributed by atoms with van der Waals surface area (Å²) in [4.78, 5) is 33.4. The highest BCUT2D eigenvalue weighted by Crippen LogP contribution is 2.17. The summed E-state index contributed by atoms with van der Waals surface area (Å²) in [6.45, 7) is 0.179. The van der Waals surface area contributed by atoms with E-state index in [0.717, 1.165) is 0 Å². The lowest BCUT2D eigenvalue weighted by Crippen LogP contribution is -2.50. The van der Waals surface area contributed by atoms with Crippen LogP contribution in [0.5, 0.6) is 0 Å². The molecule has 0 saturated carbocycles. The van der Waals surface area contributed by atoms with E-state index >= 15 is 0 Å². The molecule has 1 aliphatic rings. The number of benzene rings is 1. The van der Waals surface area contributed by atoms with Crippen LogP contribution in [0.4, 0.5) is 0 Å². The highest BCUT2D eigenvalue weighted by Gasteiger charge is 2.37. The third-order valence-corrected chi connectivity index (χ3v) is 3.29. The zero-order chi connectivity index (χ0) is 15.6. The first-order valence-electron chi connectivity index (χ1n) is 6.25. The maximum Gasteiger partial charge on any atom is 0.335 e. The van der Waals surface area contributed by atoms with Crippen LogP contribution in [0.1, 0.15) is 22.3 Å². The molecule has 2 atom stereocenters. The minimum absolute atomic E-state index is 0.00785. The van der Waals surface area contributed by atoms with Crippen LogP contribution in [0.3, 0.4) is 0 Å². The molecule has 0 bridgehead atoms. The van der Waals surface area contributed by atoms with Gasteiger partial charge in [0.05, 0.1) is 11.6 Å². The lowest BCUT2D eigenvalue weighted by atomic mass is 10.1. The Kier molecular flexibility index (Phi) is 4.20. The molecule has 112 valence electrons. The molecule has 0 aromatic heterocycles. The van der Waals surface area contributed by atoms with Gasteiger partial charge in [0.15, 0.2) is 0 Å². The van der Waals surface area contributed by atoms with Gasteiger partial charge in [-0.2, -0.15) is 0 Å². The van der Waals surface area contributed by atoms with Crippen molar-refractivity contribution in [3.63, 3.8) is 0 Å². The number of aromatic carboxylic acids is 1. The summed E-state index contributed by atoms with van der Waals surface area (Å²) in [7, 11) is 0. The summed E-state index contributed by atoms with van der Waals surface area (Å²) in [6, 6.07) is 4.32. The van der Waals surface area contributed by atoms with Gasteiger partial charge in [0, 0.05) is 13.0 Å². The second-order valence-electron chi connectivity index (χ2n) is 4.80. The molecule has 1 aromatic rings. The first-order valence-corrected chi connectivity index (χ1v) is 6.25. The number of carbonyl (C=O) groups is 3. The molecule has 1 saturated heterocycles. The molecule has 1 heterocycles. The topological polar surface area (TPSA) is 133 Å². The Morgan fingerprint density at radius 1 is 1.43 bits per heavy atom. The van der Waals surface area contributed by atoms with Crippen LogP contribution in [0, 0.1) is 0 Å². The monoisotopic (exact) mass is 293 g/mol. The Labute approximate surface area is 120 Å². The van der Waals surface area contributed by atoms with Crippen molar-refractivity contribution >= 4 is 17.8 Å². The maximum absolute atomic E-state index is 11.5. The molecule has 1 amide bonds. The summed E-state index contributed by atoms with van der Waals surface area (Å²) < 4.78 is 0. The van der Waals surface area contributed by atoms with Crippen molar-refractivity contribution in [1.82, 2.24) is 10.4 Å². The Balaban J connectivity index is 2.17. The van der Waals surface area contributed by atoms with E-state index < -0.39 is 24.0 Å². The predicted octanol–water partition coefficient (Wildman–Crippen LogP) is -0.598. The van der Waals surface area contributed by atoms with Crippen LogP contribution in [0.2, 0.25) is 0 Å². The van der Waals surface area contributed by atoms with Gasteiger partial charge in [-0.25, -0.2) is 9.80 Å². The van der Waals surface area contributed by atoms with Crippen molar-refractivity contribution in [2.24, 2.45) is 5.73 Å². The Bertz CT molecular complexity index is 589. The van der Waals surface area contributed by atoms with Crippen molar-refractivity contribution in [2.75, 3.05) is 0 Å². The van der Waals surface area contributed by atoms with Gasteiger partial charge in [-0.3, -0.25) is 15.0 Å². The number of nitrogens with zero attached hydrogens (tertiary/aromatic N) is 1. The first-order chi connectivity index (χ1) is 9.88. The normalized spacial score (nSPS) is 20.0. The van der Waals surface area contributed by atoms with Gasteiger partial charge in [-0.05, 0) is 17.7 Å². The highest BCUT2D eigenvalue weighted by atomic mass is 16.4. The Morgan fingerprint density at radius 2 is 2.14 bits per heavy atom. The minimum Gasteiger partial charge on any atom is -0.480 e. The van der Waals surface area contributed by atoms with Crippen LogP contribution in [0.25, 0.3) is 0 Å². The van der Waals surface area contributed by atoms with E-state index in [-0.39, 0.29) is 24.4 Å². The standard InChI is InChI=1S/C13H15N3O5/c14-11(13(20)21)9-5-10(17)15-16(9)6-7-2-1-3-8(4-7)12(18)19/h1-4,9,11H,5-6,14H2,(H,15,17)(H,18,19)(H,20,21)/t9-,11+/m1/s1. The minimum atomic E-state index is -1.20. The molecule has 8 nitrogen and oxygen atoms in total. The van der Waals surface area contributed by atoms with E-state index in [0.29, 0.717) is 5.56 Å². The van der Waals surface area contributed by atoms with Crippen molar-refractivity contribution in [3.8, 4) is 0 Å². The largest absolute Gasteiger partial charge is 0.480 e. The summed E-state index contributed by atoms with van der Waals surface area (Å²) >= 11 is 0. The maximum atomic E-state index is 11.5. The molecule has 1 aliphatic heterocycles. The van der Waals surface area contributed by atoms with Crippen LogP contribution in [0.15, 0.2) is 24.3 Å². The summed E-state index contributed by atoms with van der Waals surface area (Å²) in [5, 5.41) is 19.3. The zero-order valence-electron chi connectivity index (χ0n) is 11.0. The second-order valence-corrected chi connectivity index (χ2v) is 4.80. The molecule has 8 heteroatoms. The number of carboxylic acid groups (broad SMARTS) is 2. The Morgan fingerprint density at radius 3 is 2.76 bits per heavy atom. The van der Waals surface area contributed by atoms with Gasteiger partial charge in [0.1, 0.15) is 6.04 Å². The number of hydrogen-bond acceptors (Lipinski definition) is 5. The molecular formula is C13H15N3O5. The van der Waals surface area contributed by atoms with E-state index in [9.17, 15) is 14.4 Å². The number of carboxylic acids is 2. The Hall–Kier alpha value is -2.45. The van der Waals surface area contributed by atoms with Crippen LogP contribution in [-0.4, -0.2) is 45.2 Å². The van der Waals surface area contributed by atoms with E-state index in [4.69, 9.17) is 15.9 Å². The lowest BCUT2D eigenvalue weighted by Gasteiger charge is -2.25. The molecule has 0 radical (unpaired) electrons. The molecule has 1 aromatic carbocycles. The third kappa shape index (κ3) is 3.36. The number of aliphatic carboxylic acids is 1. The van der Waals surface area contributed by atoms with Crippen molar-refractivity contribution in [1.29, 1.82) is 0 Å². The van der Waals surface area contributed by atoms with Crippen molar-refractivity contribution in [3.05, 3.63) is 35.4 Å². The van der Waals surface area contributed by atoms with Crippen molar-refractivity contribution < 1.29 is 24.6 Å². The number of rotatable bonds is 5. The molecular weight excluding hydrogens is 278 g/mol. The number of nitrogens with one attached hydrogen (secondary N) is 1. The van der Waals surface area contributed by atoms with E-state index in [2.05, 4.69) is 5.43 Å². The first kappa shape index (κ1) is 14.9. The molecule has 21 heavy (non-hydrogen) atoms.